The van der Waals surface area contributed by atoms with Gasteiger partial charge < -0.3 is 0 Å². The van der Waals surface area contributed by atoms with Gasteiger partial charge in [-0.2, -0.15) is 0 Å². The van der Waals surface area contributed by atoms with Crippen LogP contribution in [0.3, 0.4) is 0 Å². The van der Waals surface area contributed by atoms with E-state index in [-0.39, 0.29) is 16.3 Å². The molecule has 9 heteroatoms. The van der Waals surface area contributed by atoms with E-state index in [1.807, 2.05) is 13.0 Å². The van der Waals surface area contributed by atoms with Crippen molar-refractivity contribution >= 4 is 37.3 Å². The third kappa shape index (κ3) is 3.70. The molecule has 1 heterocycles. The molecule has 0 bridgehead atoms. The Balaban J connectivity index is 1.89. The van der Waals surface area contributed by atoms with Crippen LogP contribution in [0.1, 0.15) is 18.1 Å². The molecule has 1 amide bonds. The van der Waals surface area contributed by atoms with Gasteiger partial charge in [0.2, 0.25) is 15.9 Å². The van der Waals surface area contributed by atoms with E-state index >= 15 is 0 Å². The standard InChI is InChI=1S/C18H20N2O5S2/c1-12-4-9-17(13(2)10-12)19-27(24,25)16-7-5-15(6-8-16)20-18(21)14(3)11-26(20,22)23/h4-10,14,19H,11H2,1-3H3. The summed E-state index contributed by atoms with van der Waals surface area (Å²) in [5.41, 5.74) is 2.41. The molecule has 0 spiro atoms. The highest BCUT2D eigenvalue weighted by molar-refractivity contribution is 7.94. The number of sulfonamides is 2. The second-order valence-electron chi connectivity index (χ2n) is 6.70. The average Bonchev–Trinajstić information content (AvgIpc) is 2.78. The number of hydrogen-bond donors (Lipinski definition) is 1. The number of aryl methyl sites for hydroxylation is 2. The lowest BCUT2D eigenvalue weighted by molar-refractivity contribution is -0.119. The normalized spacial score (nSPS) is 19.3. The molecule has 144 valence electrons. The minimum Gasteiger partial charge on any atom is -0.279 e. The third-order valence-electron chi connectivity index (χ3n) is 4.37. The summed E-state index contributed by atoms with van der Waals surface area (Å²) in [6.45, 7) is 5.27. The fourth-order valence-corrected chi connectivity index (χ4v) is 5.93. The summed E-state index contributed by atoms with van der Waals surface area (Å²) < 4.78 is 52.8. The van der Waals surface area contributed by atoms with Crippen molar-refractivity contribution in [2.45, 2.75) is 25.7 Å². The summed E-state index contributed by atoms with van der Waals surface area (Å²) in [6.07, 6.45) is 0. The van der Waals surface area contributed by atoms with Crippen molar-refractivity contribution in [1.29, 1.82) is 0 Å². The van der Waals surface area contributed by atoms with Crippen molar-refractivity contribution in [2.75, 3.05) is 14.8 Å². The molecule has 0 radical (unpaired) electrons. The number of nitrogens with zero attached hydrogens (tertiary/aromatic N) is 1. The van der Waals surface area contributed by atoms with Crippen LogP contribution in [-0.2, 0) is 24.8 Å². The molecule has 7 nitrogen and oxygen atoms in total. The maximum Gasteiger partial charge on any atom is 0.261 e. The lowest BCUT2D eigenvalue weighted by Crippen LogP contribution is -2.30. The number of carbonyl (C=O) groups is 1. The van der Waals surface area contributed by atoms with Gasteiger partial charge >= 0.3 is 0 Å². The maximum atomic E-state index is 12.6. The van der Waals surface area contributed by atoms with Gasteiger partial charge in [-0.15, -0.1) is 0 Å². The summed E-state index contributed by atoms with van der Waals surface area (Å²) >= 11 is 0. The molecule has 0 aromatic heterocycles. The van der Waals surface area contributed by atoms with Crippen LogP contribution in [0.5, 0.6) is 0 Å². The minimum atomic E-state index is -3.84. The van der Waals surface area contributed by atoms with Gasteiger partial charge in [0.1, 0.15) is 0 Å². The van der Waals surface area contributed by atoms with Crippen LogP contribution in [0.25, 0.3) is 0 Å². The molecule has 1 unspecified atom stereocenters. The van der Waals surface area contributed by atoms with Crippen LogP contribution in [0.4, 0.5) is 11.4 Å². The highest BCUT2D eigenvalue weighted by Crippen LogP contribution is 2.29. The molecule has 3 rings (SSSR count). The zero-order valence-electron chi connectivity index (χ0n) is 15.1. The number of amides is 1. The molecule has 27 heavy (non-hydrogen) atoms. The van der Waals surface area contributed by atoms with Crippen molar-refractivity contribution in [2.24, 2.45) is 5.92 Å². The van der Waals surface area contributed by atoms with Gasteiger partial charge in [0.15, 0.2) is 0 Å². The van der Waals surface area contributed by atoms with E-state index in [4.69, 9.17) is 0 Å². The van der Waals surface area contributed by atoms with Gasteiger partial charge in [0, 0.05) is 0 Å². The molecule has 1 atom stereocenters. The van der Waals surface area contributed by atoms with Crippen LogP contribution in [-0.4, -0.2) is 28.5 Å². The molecular formula is C18H20N2O5S2. The molecule has 0 aliphatic carbocycles. The Bertz CT molecular complexity index is 1110. The first-order valence-corrected chi connectivity index (χ1v) is 11.4. The zero-order chi connectivity index (χ0) is 20.0. The van der Waals surface area contributed by atoms with Crippen LogP contribution in [0.2, 0.25) is 0 Å². The van der Waals surface area contributed by atoms with Gasteiger partial charge in [-0.3, -0.25) is 9.52 Å². The van der Waals surface area contributed by atoms with Crippen molar-refractivity contribution in [3.05, 3.63) is 53.6 Å². The first-order valence-electron chi connectivity index (χ1n) is 8.28. The summed E-state index contributed by atoms with van der Waals surface area (Å²) in [5.74, 6) is -1.39. The van der Waals surface area contributed by atoms with Gasteiger partial charge in [-0.25, -0.2) is 21.1 Å². The summed E-state index contributed by atoms with van der Waals surface area (Å²) in [7, 11) is -7.57. The zero-order valence-corrected chi connectivity index (χ0v) is 16.8. The Kier molecular flexibility index (Phi) is 4.77. The van der Waals surface area contributed by atoms with E-state index < -0.39 is 31.9 Å². The Morgan fingerprint density at radius 1 is 1.07 bits per heavy atom. The molecule has 1 fully saturated rings. The van der Waals surface area contributed by atoms with Crippen LogP contribution >= 0.6 is 0 Å². The first kappa shape index (κ1) is 19.4. The molecule has 1 aliphatic rings. The molecule has 0 saturated carbocycles. The van der Waals surface area contributed by atoms with Crippen molar-refractivity contribution in [3.63, 3.8) is 0 Å². The van der Waals surface area contributed by atoms with Crippen molar-refractivity contribution < 1.29 is 21.6 Å². The van der Waals surface area contributed by atoms with E-state index in [1.54, 1.807) is 26.0 Å². The third-order valence-corrected chi connectivity index (χ3v) is 7.62. The van der Waals surface area contributed by atoms with Crippen LogP contribution in [0, 0.1) is 19.8 Å². The average molecular weight is 409 g/mol. The quantitative estimate of drug-likeness (QED) is 0.837. The van der Waals surface area contributed by atoms with Crippen LogP contribution < -0.4 is 9.03 Å². The smallest absolute Gasteiger partial charge is 0.261 e. The Labute approximate surface area is 159 Å². The van der Waals surface area contributed by atoms with E-state index in [1.165, 1.54) is 24.3 Å². The predicted molar refractivity (Wildman–Crippen MR) is 104 cm³/mol. The highest BCUT2D eigenvalue weighted by Gasteiger charge is 2.41. The number of anilines is 2. The molecule has 1 aliphatic heterocycles. The predicted octanol–water partition coefficient (Wildman–Crippen LogP) is 2.42. The highest BCUT2D eigenvalue weighted by atomic mass is 32.2. The molecule has 2 aromatic carbocycles. The Morgan fingerprint density at radius 2 is 1.70 bits per heavy atom. The number of nitrogens with one attached hydrogen (secondary N) is 1. The SMILES string of the molecule is Cc1ccc(NS(=O)(=O)c2ccc(N3C(=O)C(C)CS3(=O)=O)cc2)c(C)c1. The lowest BCUT2D eigenvalue weighted by Gasteiger charge is -2.16. The van der Waals surface area contributed by atoms with Gasteiger partial charge in [0.05, 0.1) is 27.9 Å². The van der Waals surface area contributed by atoms with E-state index in [2.05, 4.69) is 4.72 Å². The molecule has 1 saturated heterocycles. The minimum absolute atomic E-state index is 0.0247. The largest absolute Gasteiger partial charge is 0.279 e. The Morgan fingerprint density at radius 3 is 2.22 bits per heavy atom. The second-order valence-corrected chi connectivity index (χ2v) is 10.2. The fourth-order valence-electron chi connectivity index (χ4n) is 2.98. The summed E-state index contributed by atoms with van der Waals surface area (Å²) in [5, 5.41) is 0. The van der Waals surface area contributed by atoms with Gasteiger partial charge in [-0.05, 0) is 49.7 Å². The molecule has 2 aromatic rings. The van der Waals surface area contributed by atoms with Gasteiger partial charge in [0.25, 0.3) is 10.0 Å². The number of carbonyl (C=O) groups excluding carboxylic acids is 1. The lowest BCUT2D eigenvalue weighted by atomic mass is 10.1. The molecular weight excluding hydrogens is 388 g/mol. The number of rotatable bonds is 4. The van der Waals surface area contributed by atoms with E-state index in [0.717, 1.165) is 15.4 Å². The van der Waals surface area contributed by atoms with Crippen LogP contribution in [0.15, 0.2) is 47.4 Å². The maximum absolute atomic E-state index is 12.6. The fraction of sp³-hybridized carbons (Fsp3) is 0.278. The molecule has 1 N–H and O–H groups in total. The Hall–Kier alpha value is -2.39. The first-order chi connectivity index (χ1) is 12.5. The summed E-state index contributed by atoms with van der Waals surface area (Å²) in [6, 6.07) is 10.6. The number of hydrogen-bond acceptors (Lipinski definition) is 5. The van der Waals surface area contributed by atoms with Crippen molar-refractivity contribution in [1.82, 2.24) is 0 Å². The topological polar surface area (TPSA) is 101 Å². The van der Waals surface area contributed by atoms with Gasteiger partial charge in [-0.1, -0.05) is 24.6 Å². The van der Waals surface area contributed by atoms with E-state index in [9.17, 15) is 21.6 Å². The number of benzene rings is 2. The second kappa shape index (κ2) is 6.65. The summed E-state index contributed by atoms with van der Waals surface area (Å²) in [4.78, 5) is 12.1. The van der Waals surface area contributed by atoms with E-state index in [0.29, 0.717) is 5.69 Å². The monoisotopic (exact) mass is 408 g/mol. The van der Waals surface area contributed by atoms with Crippen molar-refractivity contribution in [3.8, 4) is 0 Å².